The molecule has 2 rings (SSSR count). The first kappa shape index (κ1) is 11.1. The highest BCUT2D eigenvalue weighted by Gasteiger charge is 2.07. The van der Waals surface area contributed by atoms with Crippen molar-refractivity contribution in [1.29, 1.82) is 0 Å². The van der Waals surface area contributed by atoms with Gasteiger partial charge in [0.05, 0.1) is 18.6 Å². The van der Waals surface area contributed by atoms with Crippen LogP contribution in [0.3, 0.4) is 0 Å². The number of nitrogens with one attached hydrogen (secondary N) is 3. The molecular formula is C11H13N5O. The van der Waals surface area contributed by atoms with Crippen LogP contribution in [0.4, 0.5) is 5.82 Å². The number of H-pyrrole nitrogens is 1. The molecule has 0 radical (unpaired) electrons. The molecule has 0 spiro atoms. The molecule has 3 N–H and O–H groups in total. The van der Waals surface area contributed by atoms with Crippen molar-refractivity contribution < 1.29 is 4.79 Å². The standard InChI is InChI=1S/C11H13N5O/c1-12-10-4-2-3-9(16-10)11(17)14-6-8-5-13-7-15-8/h2-5,7H,6H2,1H3,(H,12,16)(H,13,15)(H,14,17). The van der Waals surface area contributed by atoms with E-state index in [1.165, 1.54) is 0 Å². The fourth-order valence-electron chi connectivity index (χ4n) is 1.35. The predicted molar refractivity (Wildman–Crippen MR) is 63.5 cm³/mol. The predicted octanol–water partition coefficient (Wildman–Crippen LogP) is 0.776. The Bertz CT molecular complexity index is 494. The van der Waals surface area contributed by atoms with Crippen LogP contribution in [-0.2, 0) is 6.54 Å². The van der Waals surface area contributed by atoms with Crippen LogP contribution in [0.1, 0.15) is 16.2 Å². The highest BCUT2D eigenvalue weighted by molar-refractivity contribution is 5.92. The summed E-state index contributed by atoms with van der Waals surface area (Å²) >= 11 is 0. The van der Waals surface area contributed by atoms with Crippen LogP contribution in [0.25, 0.3) is 0 Å². The largest absolute Gasteiger partial charge is 0.373 e. The van der Waals surface area contributed by atoms with Crippen molar-refractivity contribution in [1.82, 2.24) is 20.3 Å². The normalized spacial score (nSPS) is 9.94. The Hall–Kier alpha value is -2.37. The molecule has 0 aliphatic carbocycles. The molecule has 2 aromatic rings. The molecule has 6 nitrogen and oxygen atoms in total. The lowest BCUT2D eigenvalue weighted by atomic mass is 10.3. The van der Waals surface area contributed by atoms with Gasteiger partial charge < -0.3 is 15.6 Å². The molecule has 88 valence electrons. The fraction of sp³-hybridized carbons (Fsp3) is 0.182. The van der Waals surface area contributed by atoms with Gasteiger partial charge in [0.2, 0.25) is 0 Å². The van der Waals surface area contributed by atoms with E-state index >= 15 is 0 Å². The van der Waals surface area contributed by atoms with Crippen molar-refractivity contribution in [3.63, 3.8) is 0 Å². The van der Waals surface area contributed by atoms with Gasteiger partial charge in [0.25, 0.3) is 5.91 Å². The van der Waals surface area contributed by atoms with E-state index in [4.69, 9.17) is 0 Å². The number of carbonyl (C=O) groups is 1. The van der Waals surface area contributed by atoms with Gasteiger partial charge in [0.15, 0.2) is 0 Å². The van der Waals surface area contributed by atoms with Crippen LogP contribution < -0.4 is 10.6 Å². The third-order valence-electron chi connectivity index (χ3n) is 2.23. The van der Waals surface area contributed by atoms with Crippen molar-refractivity contribution in [3.8, 4) is 0 Å². The molecule has 0 fully saturated rings. The van der Waals surface area contributed by atoms with Crippen LogP contribution >= 0.6 is 0 Å². The maximum Gasteiger partial charge on any atom is 0.270 e. The molecular weight excluding hydrogens is 218 g/mol. The zero-order valence-electron chi connectivity index (χ0n) is 9.40. The van der Waals surface area contributed by atoms with Gasteiger partial charge >= 0.3 is 0 Å². The van der Waals surface area contributed by atoms with Crippen molar-refractivity contribution in [3.05, 3.63) is 42.1 Å². The molecule has 1 amide bonds. The van der Waals surface area contributed by atoms with E-state index < -0.39 is 0 Å². The Balaban J connectivity index is 1.99. The second-order valence-electron chi connectivity index (χ2n) is 3.42. The molecule has 17 heavy (non-hydrogen) atoms. The summed E-state index contributed by atoms with van der Waals surface area (Å²) in [7, 11) is 1.76. The smallest absolute Gasteiger partial charge is 0.270 e. The van der Waals surface area contributed by atoms with E-state index in [1.54, 1.807) is 37.8 Å². The summed E-state index contributed by atoms with van der Waals surface area (Å²) in [6.07, 6.45) is 3.24. The zero-order chi connectivity index (χ0) is 12.1. The van der Waals surface area contributed by atoms with Gasteiger partial charge in [0, 0.05) is 13.2 Å². The first-order chi connectivity index (χ1) is 8.29. The molecule has 0 aromatic carbocycles. The Kier molecular flexibility index (Phi) is 3.34. The van der Waals surface area contributed by atoms with Crippen molar-refractivity contribution in [2.45, 2.75) is 6.54 Å². The van der Waals surface area contributed by atoms with Crippen molar-refractivity contribution in [2.24, 2.45) is 0 Å². The first-order valence-corrected chi connectivity index (χ1v) is 5.20. The Morgan fingerprint density at radius 1 is 1.47 bits per heavy atom. The average molecular weight is 231 g/mol. The maximum atomic E-state index is 11.8. The lowest BCUT2D eigenvalue weighted by Crippen LogP contribution is -2.24. The number of nitrogens with zero attached hydrogens (tertiary/aromatic N) is 2. The molecule has 0 saturated carbocycles. The summed E-state index contributed by atoms with van der Waals surface area (Å²) < 4.78 is 0. The molecule has 0 atom stereocenters. The van der Waals surface area contributed by atoms with E-state index in [0.717, 1.165) is 5.69 Å². The third-order valence-corrected chi connectivity index (χ3v) is 2.23. The average Bonchev–Trinajstić information content (AvgIpc) is 2.89. The van der Waals surface area contributed by atoms with Gasteiger partial charge in [0.1, 0.15) is 11.5 Å². The number of amides is 1. The minimum Gasteiger partial charge on any atom is -0.373 e. The van der Waals surface area contributed by atoms with Crippen LogP contribution in [0.2, 0.25) is 0 Å². The van der Waals surface area contributed by atoms with Gasteiger partial charge in [-0.1, -0.05) is 6.07 Å². The number of imidazole rings is 1. The van der Waals surface area contributed by atoms with E-state index in [1.807, 2.05) is 0 Å². The summed E-state index contributed by atoms with van der Waals surface area (Å²) in [5.74, 6) is 0.455. The summed E-state index contributed by atoms with van der Waals surface area (Å²) in [6.45, 7) is 0.407. The molecule has 6 heteroatoms. The lowest BCUT2D eigenvalue weighted by Gasteiger charge is -2.04. The molecule has 2 aromatic heterocycles. The summed E-state index contributed by atoms with van der Waals surface area (Å²) in [5, 5.41) is 5.64. The highest BCUT2D eigenvalue weighted by atomic mass is 16.1. The fourth-order valence-corrected chi connectivity index (χ4v) is 1.35. The second kappa shape index (κ2) is 5.11. The number of hydrogen-bond donors (Lipinski definition) is 3. The van der Waals surface area contributed by atoms with Gasteiger partial charge in [-0.2, -0.15) is 0 Å². The van der Waals surface area contributed by atoms with Gasteiger partial charge in [-0.15, -0.1) is 0 Å². The number of aromatic nitrogens is 3. The van der Waals surface area contributed by atoms with Crippen LogP contribution in [0, 0.1) is 0 Å². The van der Waals surface area contributed by atoms with E-state index in [-0.39, 0.29) is 5.91 Å². The minimum absolute atomic E-state index is 0.211. The van der Waals surface area contributed by atoms with E-state index in [2.05, 4.69) is 25.6 Å². The monoisotopic (exact) mass is 231 g/mol. The summed E-state index contributed by atoms with van der Waals surface area (Å²) in [5.41, 5.74) is 1.24. The maximum absolute atomic E-state index is 11.8. The summed E-state index contributed by atoms with van der Waals surface area (Å²) in [6, 6.07) is 5.25. The van der Waals surface area contributed by atoms with Crippen molar-refractivity contribution in [2.75, 3.05) is 12.4 Å². The Morgan fingerprint density at radius 3 is 3.06 bits per heavy atom. The SMILES string of the molecule is CNc1cccc(C(=O)NCc2cnc[nH]2)n1. The number of hydrogen-bond acceptors (Lipinski definition) is 4. The quantitative estimate of drug-likeness (QED) is 0.726. The highest BCUT2D eigenvalue weighted by Crippen LogP contribution is 2.03. The number of carbonyl (C=O) groups excluding carboxylic acids is 1. The van der Waals surface area contributed by atoms with E-state index in [9.17, 15) is 4.79 Å². The molecule has 0 saturated heterocycles. The molecule has 0 unspecified atom stereocenters. The summed E-state index contributed by atoms with van der Waals surface area (Å²) in [4.78, 5) is 22.7. The number of rotatable bonds is 4. The molecule has 0 aliphatic heterocycles. The number of anilines is 1. The van der Waals surface area contributed by atoms with Gasteiger partial charge in [-0.3, -0.25) is 4.79 Å². The molecule has 0 aliphatic rings. The lowest BCUT2D eigenvalue weighted by molar-refractivity contribution is 0.0945. The van der Waals surface area contributed by atoms with Crippen LogP contribution in [0.15, 0.2) is 30.7 Å². The minimum atomic E-state index is -0.211. The van der Waals surface area contributed by atoms with Crippen LogP contribution in [-0.4, -0.2) is 27.9 Å². The van der Waals surface area contributed by atoms with Gasteiger partial charge in [-0.05, 0) is 12.1 Å². The Morgan fingerprint density at radius 2 is 2.35 bits per heavy atom. The Labute approximate surface area is 98.5 Å². The molecule has 2 heterocycles. The second-order valence-corrected chi connectivity index (χ2v) is 3.42. The number of pyridine rings is 1. The zero-order valence-corrected chi connectivity index (χ0v) is 9.40. The first-order valence-electron chi connectivity index (χ1n) is 5.20. The van der Waals surface area contributed by atoms with Gasteiger partial charge in [-0.25, -0.2) is 9.97 Å². The topological polar surface area (TPSA) is 82.7 Å². The van der Waals surface area contributed by atoms with Crippen LogP contribution in [0.5, 0.6) is 0 Å². The van der Waals surface area contributed by atoms with Crippen molar-refractivity contribution >= 4 is 11.7 Å². The molecule has 0 bridgehead atoms. The van der Waals surface area contributed by atoms with E-state index in [0.29, 0.717) is 18.1 Å². The third kappa shape index (κ3) is 2.81. The number of aromatic amines is 1.